The Hall–Kier alpha value is -1.93. The molecule has 2 rings (SSSR count). The van der Waals surface area contributed by atoms with E-state index < -0.39 is 21.4 Å². The van der Waals surface area contributed by atoms with Crippen LogP contribution in [0.25, 0.3) is 0 Å². The minimum absolute atomic E-state index is 0.0199. The average molecular weight is 382 g/mol. The number of rotatable bonds is 9. The van der Waals surface area contributed by atoms with Crippen molar-refractivity contribution in [1.82, 2.24) is 10.0 Å². The number of carboxylic acids is 1. The van der Waals surface area contributed by atoms with Gasteiger partial charge in [-0.1, -0.05) is 32.4 Å². The van der Waals surface area contributed by atoms with Crippen LogP contribution >= 0.6 is 0 Å². The molecule has 1 saturated carbocycles. The van der Waals surface area contributed by atoms with Crippen LogP contribution in [-0.2, 0) is 26.2 Å². The summed E-state index contributed by atoms with van der Waals surface area (Å²) >= 11 is 0. The lowest BCUT2D eigenvalue weighted by atomic mass is 9.66. The van der Waals surface area contributed by atoms with Gasteiger partial charge in [0.2, 0.25) is 15.9 Å². The highest BCUT2D eigenvalue weighted by atomic mass is 32.2. The van der Waals surface area contributed by atoms with E-state index >= 15 is 0 Å². The molecule has 8 heteroatoms. The summed E-state index contributed by atoms with van der Waals surface area (Å²) in [6.07, 6.45) is 1.88. The summed E-state index contributed by atoms with van der Waals surface area (Å²) in [5.74, 6) is -1.01. The number of sulfonamides is 1. The van der Waals surface area contributed by atoms with E-state index in [4.69, 9.17) is 0 Å². The summed E-state index contributed by atoms with van der Waals surface area (Å²) in [7, 11) is -3.54. The van der Waals surface area contributed by atoms with Gasteiger partial charge in [0, 0.05) is 19.5 Å². The van der Waals surface area contributed by atoms with Crippen LogP contribution in [0.15, 0.2) is 29.2 Å². The van der Waals surface area contributed by atoms with Crippen molar-refractivity contribution in [3.05, 3.63) is 29.8 Å². The van der Waals surface area contributed by atoms with Crippen LogP contribution < -0.4 is 10.0 Å². The first-order chi connectivity index (χ1) is 12.1. The van der Waals surface area contributed by atoms with Gasteiger partial charge in [0.25, 0.3) is 0 Å². The van der Waals surface area contributed by atoms with Gasteiger partial charge in [-0.2, -0.15) is 0 Å². The number of amides is 1. The van der Waals surface area contributed by atoms with Crippen LogP contribution in [0, 0.1) is 11.3 Å². The predicted octanol–water partition coefficient (Wildman–Crippen LogP) is 1.88. The topological polar surface area (TPSA) is 113 Å². The molecule has 0 heterocycles. The second kappa shape index (κ2) is 8.18. The number of carboxylic acid groups (broad SMARTS) is 1. The maximum absolute atomic E-state index is 12.1. The Bertz CT molecular complexity index is 752. The average Bonchev–Trinajstić information content (AvgIpc) is 2.54. The highest BCUT2D eigenvalue weighted by Crippen LogP contribution is 2.44. The van der Waals surface area contributed by atoms with Gasteiger partial charge >= 0.3 is 5.97 Å². The maximum atomic E-state index is 12.1. The lowest BCUT2D eigenvalue weighted by molar-refractivity contribution is -0.157. The Morgan fingerprint density at radius 2 is 1.81 bits per heavy atom. The number of carbonyl (C=O) groups is 2. The lowest BCUT2D eigenvalue weighted by Gasteiger charge is -2.36. The van der Waals surface area contributed by atoms with Crippen molar-refractivity contribution in [1.29, 1.82) is 0 Å². The first kappa shape index (κ1) is 20.4. The highest BCUT2D eigenvalue weighted by Gasteiger charge is 2.45. The molecule has 0 aromatic heterocycles. The van der Waals surface area contributed by atoms with E-state index in [0.29, 0.717) is 19.4 Å². The molecule has 144 valence electrons. The fourth-order valence-electron chi connectivity index (χ4n) is 2.79. The quantitative estimate of drug-likeness (QED) is 0.604. The van der Waals surface area contributed by atoms with Crippen LogP contribution in [0.1, 0.15) is 45.1 Å². The normalized spacial score (nSPS) is 16.1. The summed E-state index contributed by atoms with van der Waals surface area (Å²) in [6.45, 7) is 4.44. The van der Waals surface area contributed by atoms with Crippen LogP contribution in [0.3, 0.4) is 0 Å². The molecule has 0 atom stereocenters. The lowest BCUT2D eigenvalue weighted by Crippen LogP contribution is -2.42. The van der Waals surface area contributed by atoms with Gasteiger partial charge in [0.1, 0.15) is 0 Å². The van der Waals surface area contributed by atoms with Gasteiger partial charge in [-0.3, -0.25) is 9.59 Å². The van der Waals surface area contributed by atoms with Crippen molar-refractivity contribution in [2.45, 2.75) is 51.0 Å². The number of carbonyl (C=O) groups excluding carboxylic acids is 1. The van der Waals surface area contributed by atoms with Crippen molar-refractivity contribution >= 4 is 21.9 Å². The molecule has 0 spiro atoms. The molecule has 7 nitrogen and oxygen atoms in total. The number of aliphatic carboxylic acids is 1. The summed E-state index contributed by atoms with van der Waals surface area (Å²) in [6, 6.07) is 6.27. The van der Waals surface area contributed by atoms with Crippen LogP contribution in [0.2, 0.25) is 0 Å². The van der Waals surface area contributed by atoms with Crippen molar-refractivity contribution < 1.29 is 23.1 Å². The van der Waals surface area contributed by atoms with Crippen molar-refractivity contribution in [3.63, 3.8) is 0 Å². The zero-order valence-corrected chi connectivity index (χ0v) is 15.9. The van der Waals surface area contributed by atoms with E-state index in [9.17, 15) is 23.1 Å². The minimum Gasteiger partial charge on any atom is -0.481 e. The largest absolute Gasteiger partial charge is 0.481 e. The number of hydrogen-bond donors (Lipinski definition) is 3. The predicted molar refractivity (Wildman–Crippen MR) is 96.9 cm³/mol. The number of nitrogens with one attached hydrogen (secondary N) is 2. The van der Waals surface area contributed by atoms with E-state index in [1.165, 1.54) is 12.1 Å². The molecule has 0 saturated heterocycles. The molecule has 0 aliphatic heterocycles. The molecular weight excluding hydrogens is 356 g/mol. The Morgan fingerprint density at radius 3 is 2.27 bits per heavy atom. The Balaban J connectivity index is 1.89. The van der Waals surface area contributed by atoms with Crippen molar-refractivity contribution in [3.8, 4) is 0 Å². The summed E-state index contributed by atoms with van der Waals surface area (Å²) < 4.78 is 26.8. The molecule has 26 heavy (non-hydrogen) atoms. The standard InChI is InChI=1S/C18H26N2O5S/c1-13(2)11-20-26(24,25)15-6-4-14(5-7-15)12-19-16(21)10-18(17(22)23)8-3-9-18/h4-7,13,20H,3,8-12H2,1-2H3,(H,19,21)(H,22,23). The Labute approximate surface area is 154 Å². The van der Waals surface area contributed by atoms with E-state index in [-0.39, 0.29) is 29.7 Å². The van der Waals surface area contributed by atoms with Gasteiger partial charge in [-0.25, -0.2) is 13.1 Å². The molecule has 1 aromatic rings. The zero-order valence-electron chi connectivity index (χ0n) is 15.1. The summed E-state index contributed by atoms with van der Waals surface area (Å²) in [5.41, 5.74) is -0.163. The zero-order chi connectivity index (χ0) is 19.4. The van der Waals surface area contributed by atoms with Gasteiger partial charge < -0.3 is 10.4 Å². The van der Waals surface area contributed by atoms with Gasteiger partial charge in [-0.05, 0) is 36.5 Å². The van der Waals surface area contributed by atoms with Crippen molar-refractivity contribution in [2.24, 2.45) is 11.3 Å². The Morgan fingerprint density at radius 1 is 1.19 bits per heavy atom. The second-order valence-electron chi connectivity index (χ2n) is 7.28. The molecule has 1 fully saturated rings. The third-order valence-corrected chi connectivity index (χ3v) is 6.11. The fraction of sp³-hybridized carbons (Fsp3) is 0.556. The van der Waals surface area contributed by atoms with Crippen LogP contribution in [-0.4, -0.2) is 31.9 Å². The SMILES string of the molecule is CC(C)CNS(=O)(=O)c1ccc(CNC(=O)CC2(C(=O)O)CCC2)cc1. The molecular formula is C18H26N2O5S. The molecule has 0 unspecified atom stereocenters. The van der Waals surface area contributed by atoms with E-state index in [1.54, 1.807) is 12.1 Å². The second-order valence-corrected chi connectivity index (χ2v) is 9.05. The van der Waals surface area contributed by atoms with E-state index in [0.717, 1.165) is 12.0 Å². The van der Waals surface area contributed by atoms with Gasteiger partial charge in [0.15, 0.2) is 0 Å². The first-order valence-electron chi connectivity index (χ1n) is 8.73. The maximum Gasteiger partial charge on any atom is 0.310 e. The van der Waals surface area contributed by atoms with Crippen LogP contribution in [0.5, 0.6) is 0 Å². The third-order valence-electron chi connectivity index (χ3n) is 4.67. The molecule has 1 aliphatic rings. The molecule has 1 aromatic carbocycles. The molecule has 1 aliphatic carbocycles. The van der Waals surface area contributed by atoms with E-state index in [2.05, 4.69) is 10.0 Å². The van der Waals surface area contributed by atoms with Gasteiger partial charge in [0.05, 0.1) is 10.3 Å². The van der Waals surface area contributed by atoms with Crippen LogP contribution in [0.4, 0.5) is 0 Å². The Kier molecular flexibility index (Phi) is 6.41. The number of hydrogen-bond acceptors (Lipinski definition) is 4. The van der Waals surface area contributed by atoms with Gasteiger partial charge in [-0.15, -0.1) is 0 Å². The minimum atomic E-state index is -3.54. The fourth-order valence-corrected chi connectivity index (χ4v) is 4.00. The molecule has 0 bridgehead atoms. The first-order valence-corrected chi connectivity index (χ1v) is 10.2. The summed E-state index contributed by atoms with van der Waals surface area (Å²) in [4.78, 5) is 23.5. The summed E-state index contributed by atoms with van der Waals surface area (Å²) in [5, 5.41) is 12.0. The number of benzene rings is 1. The molecule has 0 radical (unpaired) electrons. The molecule has 1 amide bonds. The molecule has 3 N–H and O–H groups in total. The monoisotopic (exact) mass is 382 g/mol. The van der Waals surface area contributed by atoms with Crippen molar-refractivity contribution in [2.75, 3.05) is 6.54 Å². The highest BCUT2D eigenvalue weighted by molar-refractivity contribution is 7.89. The smallest absolute Gasteiger partial charge is 0.310 e. The third kappa shape index (κ3) is 5.04. The van der Waals surface area contributed by atoms with E-state index in [1.807, 2.05) is 13.8 Å².